The van der Waals surface area contributed by atoms with Gasteiger partial charge in [-0.1, -0.05) is 24.3 Å². The molecule has 1 heterocycles. The van der Waals surface area contributed by atoms with E-state index in [0.29, 0.717) is 0 Å². The van der Waals surface area contributed by atoms with E-state index in [9.17, 15) is 0 Å². The fourth-order valence-corrected chi connectivity index (χ4v) is 2.53. The van der Waals surface area contributed by atoms with Crippen LogP contribution in [0.3, 0.4) is 0 Å². The van der Waals surface area contributed by atoms with Crippen LogP contribution in [-0.4, -0.2) is 6.67 Å². The van der Waals surface area contributed by atoms with Gasteiger partial charge in [0.1, 0.15) is 0 Å². The van der Waals surface area contributed by atoms with Crippen molar-refractivity contribution in [2.45, 2.75) is 13.8 Å². The average molecular weight is 224 g/mol. The highest BCUT2D eigenvalue weighted by Gasteiger charge is 2.16. The highest BCUT2D eigenvalue weighted by molar-refractivity contribution is 5.91. The lowest BCUT2D eigenvalue weighted by Gasteiger charge is -2.14. The van der Waals surface area contributed by atoms with Crippen molar-refractivity contribution in [3.8, 4) is 11.1 Å². The van der Waals surface area contributed by atoms with Crippen molar-refractivity contribution in [2.24, 2.45) is 0 Å². The number of nitrogens with one attached hydrogen (secondary N) is 2. The standard InChI is InChI=1S/C15H16N2/c1-10-5-3-7-12-14(10)15-11(2)6-4-8-13(15)17-9-16-12/h3-8,16-17H,9H2,1-2H3. The second-order valence-corrected chi connectivity index (χ2v) is 4.53. The SMILES string of the molecule is Cc1cccc2c1-c1c(C)cccc1NCN2. The first kappa shape index (κ1) is 10.2. The molecule has 0 spiro atoms. The molecule has 1 aliphatic rings. The van der Waals surface area contributed by atoms with Gasteiger partial charge in [0, 0.05) is 22.5 Å². The molecule has 0 radical (unpaired) electrons. The largest absolute Gasteiger partial charge is 0.367 e. The van der Waals surface area contributed by atoms with Crippen molar-refractivity contribution >= 4 is 11.4 Å². The maximum absolute atomic E-state index is 3.43. The lowest BCUT2D eigenvalue weighted by Crippen LogP contribution is -2.09. The Morgan fingerprint density at radius 2 is 1.24 bits per heavy atom. The molecule has 3 rings (SSSR count). The number of rotatable bonds is 0. The Labute approximate surface area is 102 Å². The lowest BCUT2D eigenvalue weighted by molar-refractivity contribution is 1.23. The minimum atomic E-state index is 0.771. The van der Waals surface area contributed by atoms with Gasteiger partial charge in [0.15, 0.2) is 0 Å². The van der Waals surface area contributed by atoms with E-state index in [4.69, 9.17) is 0 Å². The van der Waals surface area contributed by atoms with E-state index in [2.05, 4.69) is 60.9 Å². The van der Waals surface area contributed by atoms with Gasteiger partial charge in [-0.3, -0.25) is 0 Å². The summed E-state index contributed by atoms with van der Waals surface area (Å²) in [7, 11) is 0. The van der Waals surface area contributed by atoms with E-state index in [-0.39, 0.29) is 0 Å². The molecule has 2 heteroatoms. The van der Waals surface area contributed by atoms with Crippen LogP contribution in [0.5, 0.6) is 0 Å². The maximum atomic E-state index is 3.43. The van der Waals surface area contributed by atoms with E-state index in [1.807, 2.05) is 0 Å². The Kier molecular flexibility index (Phi) is 2.29. The summed E-state index contributed by atoms with van der Waals surface area (Å²) in [6, 6.07) is 12.8. The van der Waals surface area contributed by atoms with Gasteiger partial charge in [-0.25, -0.2) is 0 Å². The molecule has 2 aromatic carbocycles. The van der Waals surface area contributed by atoms with E-state index >= 15 is 0 Å². The maximum Gasteiger partial charge on any atom is 0.0849 e. The van der Waals surface area contributed by atoms with Crippen LogP contribution in [0.15, 0.2) is 36.4 Å². The summed E-state index contributed by atoms with van der Waals surface area (Å²) in [4.78, 5) is 0. The molecular formula is C15H16N2. The number of hydrogen-bond acceptors (Lipinski definition) is 2. The van der Waals surface area contributed by atoms with Crippen molar-refractivity contribution in [3.05, 3.63) is 47.5 Å². The summed E-state index contributed by atoms with van der Waals surface area (Å²) in [5.74, 6) is 0. The first-order chi connectivity index (χ1) is 8.27. The van der Waals surface area contributed by atoms with Crippen LogP contribution in [-0.2, 0) is 0 Å². The molecule has 0 saturated heterocycles. The minimum Gasteiger partial charge on any atom is -0.367 e. The summed E-state index contributed by atoms with van der Waals surface area (Å²) >= 11 is 0. The molecule has 17 heavy (non-hydrogen) atoms. The first-order valence-corrected chi connectivity index (χ1v) is 5.95. The molecule has 0 unspecified atom stereocenters. The van der Waals surface area contributed by atoms with Crippen LogP contribution in [0.4, 0.5) is 11.4 Å². The van der Waals surface area contributed by atoms with Gasteiger partial charge in [-0.15, -0.1) is 0 Å². The molecule has 0 bridgehead atoms. The number of aryl methyl sites for hydroxylation is 2. The third-order valence-electron chi connectivity index (χ3n) is 3.35. The van der Waals surface area contributed by atoms with Crippen molar-refractivity contribution < 1.29 is 0 Å². The third kappa shape index (κ3) is 1.57. The average Bonchev–Trinajstić information content (AvgIpc) is 2.50. The van der Waals surface area contributed by atoms with E-state index in [0.717, 1.165) is 6.67 Å². The Hall–Kier alpha value is -1.96. The van der Waals surface area contributed by atoms with E-state index < -0.39 is 0 Å². The van der Waals surface area contributed by atoms with Crippen LogP contribution in [0.25, 0.3) is 11.1 Å². The predicted molar refractivity (Wildman–Crippen MR) is 73.5 cm³/mol. The monoisotopic (exact) mass is 224 g/mol. The summed E-state index contributed by atoms with van der Waals surface area (Å²) in [5.41, 5.74) is 7.70. The van der Waals surface area contributed by atoms with Crippen LogP contribution in [0.2, 0.25) is 0 Å². The number of anilines is 2. The van der Waals surface area contributed by atoms with Crippen molar-refractivity contribution in [1.29, 1.82) is 0 Å². The lowest BCUT2D eigenvalue weighted by atomic mass is 9.94. The smallest absolute Gasteiger partial charge is 0.0849 e. The molecular weight excluding hydrogens is 208 g/mol. The molecule has 86 valence electrons. The van der Waals surface area contributed by atoms with Crippen molar-refractivity contribution in [2.75, 3.05) is 17.3 Å². The first-order valence-electron chi connectivity index (χ1n) is 5.95. The summed E-state index contributed by atoms with van der Waals surface area (Å²) < 4.78 is 0. The normalized spacial score (nSPS) is 12.8. The topological polar surface area (TPSA) is 24.1 Å². The van der Waals surface area contributed by atoms with Crippen LogP contribution in [0.1, 0.15) is 11.1 Å². The second-order valence-electron chi connectivity index (χ2n) is 4.53. The number of benzene rings is 2. The van der Waals surface area contributed by atoms with Gasteiger partial charge in [0.25, 0.3) is 0 Å². The Balaban J connectivity index is 2.37. The summed E-state index contributed by atoms with van der Waals surface area (Å²) in [6.45, 7) is 5.11. The summed E-state index contributed by atoms with van der Waals surface area (Å²) in [6.07, 6.45) is 0. The quantitative estimate of drug-likeness (QED) is 0.712. The van der Waals surface area contributed by atoms with Gasteiger partial charge in [0.05, 0.1) is 6.67 Å². The molecule has 0 atom stereocenters. The predicted octanol–water partition coefficient (Wildman–Crippen LogP) is 3.77. The van der Waals surface area contributed by atoms with Crippen molar-refractivity contribution in [1.82, 2.24) is 0 Å². The highest BCUT2D eigenvalue weighted by atomic mass is 15.1. The molecule has 2 N–H and O–H groups in total. The second kappa shape index (κ2) is 3.81. The van der Waals surface area contributed by atoms with Crippen LogP contribution >= 0.6 is 0 Å². The molecule has 2 nitrogen and oxygen atoms in total. The number of hydrogen-bond donors (Lipinski definition) is 2. The zero-order valence-electron chi connectivity index (χ0n) is 10.2. The van der Waals surface area contributed by atoms with Crippen LogP contribution in [0, 0.1) is 13.8 Å². The van der Waals surface area contributed by atoms with Gasteiger partial charge >= 0.3 is 0 Å². The van der Waals surface area contributed by atoms with Gasteiger partial charge in [-0.2, -0.15) is 0 Å². The zero-order chi connectivity index (χ0) is 11.8. The Bertz CT molecular complexity index is 522. The molecule has 0 fully saturated rings. The van der Waals surface area contributed by atoms with Crippen LogP contribution < -0.4 is 10.6 Å². The minimum absolute atomic E-state index is 0.771. The molecule has 2 aromatic rings. The fraction of sp³-hybridized carbons (Fsp3) is 0.200. The zero-order valence-corrected chi connectivity index (χ0v) is 10.2. The van der Waals surface area contributed by atoms with Crippen molar-refractivity contribution in [3.63, 3.8) is 0 Å². The molecule has 0 aliphatic carbocycles. The molecule has 1 aliphatic heterocycles. The molecule has 0 amide bonds. The molecule has 0 saturated carbocycles. The van der Waals surface area contributed by atoms with Gasteiger partial charge in [0.2, 0.25) is 0 Å². The van der Waals surface area contributed by atoms with Gasteiger partial charge < -0.3 is 10.6 Å². The summed E-state index contributed by atoms with van der Waals surface area (Å²) in [5, 5.41) is 6.86. The van der Waals surface area contributed by atoms with E-state index in [1.54, 1.807) is 0 Å². The molecule has 0 aromatic heterocycles. The third-order valence-corrected chi connectivity index (χ3v) is 3.35. The highest BCUT2D eigenvalue weighted by Crippen LogP contribution is 2.39. The van der Waals surface area contributed by atoms with Gasteiger partial charge in [-0.05, 0) is 37.1 Å². The fourth-order valence-electron chi connectivity index (χ4n) is 2.53. The number of fused-ring (bicyclic) bond motifs is 3. The van der Waals surface area contributed by atoms with E-state index in [1.165, 1.54) is 33.6 Å². The Morgan fingerprint density at radius 1 is 0.765 bits per heavy atom. The Morgan fingerprint density at radius 3 is 1.71 bits per heavy atom.